The van der Waals surface area contributed by atoms with Crippen molar-refractivity contribution in [1.82, 2.24) is 0 Å². The second kappa shape index (κ2) is 69.8. The van der Waals surface area contributed by atoms with Gasteiger partial charge in [-0.3, -0.25) is 37.3 Å². The minimum atomic E-state index is -4.96. The summed E-state index contributed by atoms with van der Waals surface area (Å²) in [6.07, 6.45) is 58.4. The summed E-state index contributed by atoms with van der Waals surface area (Å²) in [6, 6.07) is 0. The van der Waals surface area contributed by atoms with Crippen LogP contribution in [0.5, 0.6) is 0 Å². The first kappa shape index (κ1) is 95.1. The lowest BCUT2D eigenvalue weighted by atomic mass is 10.00. The van der Waals surface area contributed by atoms with Gasteiger partial charge in [-0.15, -0.1) is 0 Å². The number of esters is 4. The van der Waals surface area contributed by atoms with Crippen LogP contribution in [0.3, 0.4) is 0 Å². The SMILES string of the molecule is CCCCCCCCCCCCCCCCCCCCC(=O)OC[C@H](COP(=O)(O)OC[C@@H](O)COP(=O)(O)OC[C@@H](COC(=O)CCCCCCCCC(C)CC)OC(=O)CCCCCCCCCCC(C)C)OC(=O)CCCCCCCCCCCCCCCCCCCC. The van der Waals surface area contributed by atoms with Crippen LogP contribution in [0.1, 0.15) is 408 Å². The highest BCUT2D eigenvalue weighted by Crippen LogP contribution is 2.45. The molecule has 0 heterocycles. The van der Waals surface area contributed by atoms with Crippen LogP contribution in [-0.4, -0.2) is 96.7 Å². The molecule has 3 unspecified atom stereocenters. The molecule has 0 fully saturated rings. The van der Waals surface area contributed by atoms with Crippen molar-refractivity contribution in [2.24, 2.45) is 11.8 Å². The van der Waals surface area contributed by atoms with E-state index in [2.05, 4.69) is 41.5 Å². The number of aliphatic hydroxyl groups excluding tert-OH is 1. The summed E-state index contributed by atoms with van der Waals surface area (Å²) < 4.78 is 68.6. The van der Waals surface area contributed by atoms with Crippen LogP contribution in [0.2, 0.25) is 0 Å². The van der Waals surface area contributed by atoms with Crippen LogP contribution in [0.4, 0.5) is 0 Å². The van der Waals surface area contributed by atoms with Crippen molar-refractivity contribution in [3.8, 4) is 0 Å². The quantitative estimate of drug-likeness (QED) is 0.0222. The lowest BCUT2D eigenvalue weighted by Gasteiger charge is -2.21. The number of rotatable bonds is 77. The van der Waals surface area contributed by atoms with Crippen LogP contribution in [0.15, 0.2) is 0 Å². The van der Waals surface area contributed by atoms with Crippen LogP contribution in [-0.2, 0) is 65.4 Å². The van der Waals surface area contributed by atoms with E-state index >= 15 is 0 Å². The second-order valence-corrected chi connectivity index (χ2v) is 31.7. The van der Waals surface area contributed by atoms with E-state index in [4.69, 9.17) is 37.0 Å². The number of hydrogen-bond donors (Lipinski definition) is 3. The minimum absolute atomic E-state index is 0.104. The summed E-state index contributed by atoms with van der Waals surface area (Å²) in [5.41, 5.74) is 0. The number of phosphoric acid groups is 2. The number of ether oxygens (including phenoxy) is 4. The summed E-state index contributed by atoms with van der Waals surface area (Å²) in [7, 11) is -9.91. The summed E-state index contributed by atoms with van der Waals surface area (Å²) >= 11 is 0. The Balaban J connectivity index is 5.22. The van der Waals surface area contributed by atoms with Crippen molar-refractivity contribution in [2.75, 3.05) is 39.6 Å². The van der Waals surface area contributed by atoms with Gasteiger partial charge in [0.15, 0.2) is 12.2 Å². The Kier molecular flexibility index (Phi) is 68.4. The molecule has 0 aliphatic heterocycles. The molecule has 17 nitrogen and oxygen atoms in total. The predicted octanol–water partition coefficient (Wildman–Crippen LogP) is 23.1. The molecule has 0 aromatic heterocycles. The molecular weight excluding hydrogens is 1270 g/mol. The highest BCUT2D eigenvalue weighted by atomic mass is 31.2. The molecule has 0 amide bonds. The van der Waals surface area contributed by atoms with Gasteiger partial charge in [0.2, 0.25) is 0 Å². The van der Waals surface area contributed by atoms with Crippen molar-refractivity contribution in [2.45, 2.75) is 426 Å². The topological polar surface area (TPSA) is 237 Å². The molecule has 0 spiro atoms. The maximum Gasteiger partial charge on any atom is 0.472 e. The summed E-state index contributed by atoms with van der Waals surface area (Å²) in [5.74, 6) is -0.667. The predicted molar refractivity (Wildman–Crippen MR) is 395 cm³/mol. The third-order valence-corrected chi connectivity index (χ3v) is 20.5. The molecule has 0 radical (unpaired) electrons. The zero-order valence-electron chi connectivity index (χ0n) is 63.4. The van der Waals surface area contributed by atoms with Crippen molar-refractivity contribution >= 4 is 39.5 Å². The fraction of sp³-hybridized carbons (Fsp3) is 0.949. The van der Waals surface area contributed by atoms with Crippen LogP contribution in [0, 0.1) is 11.8 Å². The van der Waals surface area contributed by atoms with Gasteiger partial charge in [0.1, 0.15) is 19.3 Å². The third-order valence-electron chi connectivity index (χ3n) is 18.6. The number of aliphatic hydroxyl groups is 1. The number of phosphoric ester groups is 2. The summed E-state index contributed by atoms with van der Waals surface area (Å²) in [4.78, 5) is 72.9. The van der Waals surface area contributed by atoms with Crippen LogP contribution >= 0.6 is 15.6 Å². The van der Waals surface area contributed by atoms with Crippen molar-refractivity contribution in [1.29, 1.82) is 0 Å². The molecule has 97 heavy (non-hydrogen) atoms. The average molecular weight is 1420 g/mol. The maximum absolute atomic E-state index is 13.1. The normalized spacial score (nSPS) is 14.2. The Hall–Kier alpha value is -1.94. The summed E-state index contributed by atoms with van der Waals surface area (Å²) in [5, 5.41) is 10.6. The van der Waals surface area contributed by atoms with Gasteiger partial charge in [0, 0.05) is 25.7 Å². The smallest absolute Gasteiger partial charge is 0.462 e. The number of carbonyl (C=O) groups is 4. The van der Waals surface area contributed by atoms with E-state index in [0.29, 0.717) is 25.7 Å². The van der Waals surface area contributed by atoms with Crippen LogP contribution in [0.25, 0.3) is 0 Å². The molecule has 0 aromatic carbocycles. The third kappa shape index (κ3) is 70.9. The van der Waals surface area contributed by atoms with Crippen molar-refractivity contribution < 1.29 is 80.2 Å². The number of hydrogen-bond acceptors (Lipinski definition) is 15. The van der Waals surface area contributed by atoms with Gasteiger partial charge in [-0.05, 0) is 37.5 Å². The molecule has 6 atom stereocenters. The zero-order chi connectivity index (χ0) is 71.4. The van der Waals surface area contributed by atoms with E-state index in [-0.39, 0.29) is 25.7 Å². The molecule has 0 aliphatic rings. The van der Waals surface area contributed by atoms with E-state index in [1.54, 1.807) is 0 Å². The Bertz CT molecular complexity index is 1870. The first-order chi connectivity index (χ1) is 46.9. The second-order valence-electron chi connectivity index (χ2n) is 28.8. The molecule has 0 aromatic rings. The highest BCUT2D eigenvalue weighted by Gasteiger charge is 2.30. The van der Waals surface area contributed by atoms with E-state index in [0.717, 1.165) is 108 Å². The molecular formula is C78H152O17P2. The van der Waals surface area contributed by atoms with Crippen molar-refractivity contribution in [3.63, 3.8) is 0 Å². The standard InChI is InChI=1S/C78H152O17P2/c1-7-10-12-14-16-18-20-22-24-26-28-30-32-34-36-41-48-54-60-75(80)88-66-73(94-77(82)62-56-50-42-37-35-33-31-29-27-25-23-21-19-17-15-13-11-8-2)68-92-96(84,85)90-64-72(79)65-91-97(86,87)93-69-74(67-89-76(81)61-55-49-45-44-47-53-59-71(6)9-3)95-78(83)63-57-51-43-39-38-40-46-52-58-70(4)5/h70-74,79H,7-69H2,1-6H3,(H,84,85)(H,86,87)/t71?,72-,73-,74-/m1/s1. The largest absolute Gasteiger partial charge is 0.472 e. The van der Waals surface area contributed by atoms with Crippen LogP contribution < -0.4 is 0 Å². The Morgan fingerprint density at radius 3 is 0.784 bits per heavy atom. The lowest BCUT2D eigenvalue weighted by molar-refractivity contribution is -0.161. The van der Waals surface area contributed by atoms with Gasteiger partial charge in [0.05, 0.1) is 26.4 Å². The molecule has 0 saturated heterocycles. The lowest BCUT2D eigenvalue weighted by Crippen LogP contribution is -2.30. The molecule has 0 bridgehead atoms. The number of unbranched alkanes of at least 4 members (excludes halogenated alkanes) is 46. The summed E-state index contributed by atoms with van der Waals surface area (Å²) in [6.45, 7) is 9.53. The fourth-order valence-electron chi connectivity index (χ4n) is 12.0. The van der Waals surface area contributed by atoms with Gasteiger partial charge in [-0.2, -0.15) is 0 Å². The minimum Gasteiger partial charge on any atom is -0.462 e. The fourth-order valence-corrected chi connectivity index (χ4v) is 13.6. The van der Waals surface area contributed by atoms with Gasteiger partial charge in [-0.25, -0.2) is 9.13 Å². The van der Waals surface area contributed by atoms with E-state index in [9.17, 15) is 43.2 Å². The van der Waals surface area contributed by atoms with E-state index < -0.39 is 97.5 Å². The highest BCUT2D eigenvalue weighted by molar-refractivity contribution is 7.47. The monoisotopic (exact) mass is 1420 g/mol. The zero-order valence-corrected chi connectivity index (χ0v) is 65.2. The van der Waals surface area contributed by atoms with Gasteiger partial charge >= 0.3 is 39.5 Å². The van der Waals surface area contributed by atoms with E-state index in [1.807, 2.05) is 0 Å². The average Bonchev–Trinajstić information content (AvgIpc) is 2.87. The molecule has 19 heteroatoms. The molecule has 576 valence electrons. The maximum atomic E-state index is 13.1. The van der Waals surface area contributed by atoms with Gasteiger partial charge < -0.3 is 33.8 Å². The molecule has 0 rings (SSSR count). The molecule has 3 N–H and O–H groups in total. The van der Waals surface area contributed by atoms with Gasteiger partial charge in [0.25, 0.3) is 0 Å². The molecule has 0 saturated carbocycles. The van der Waals surface area contributed by atoms with E-state index in [1.165, 1.54) is 218 Å². The van der Waals surface area contributed by atoms with Crippen molar-refractivity contribution in [3.05, 3.63) is 0 Å². The van der Waals surface area contributed by atoms with Gasteiger partial charge in [-0.1, -0.05) is 356 Å². The first-order valence-electron chi connectivity index (χ1n) is 40.5. The Morgan fingerprint density at radius 1 is 0.299 bits per heavy atom. The number of carbonyl (C=O) groups excluding carboxylic acids is 4. The Morgan fingerprint density at radius 2 is 0.526 bits per heavy atom. The molecule has 0 aliphatic carbocycles. The Labute approximate surface area is 594 Å². The first-order valence-corrected chi connectivity index (χ1v) is 43.5.